The van der Waals surface area contributed by atoms with Crippen molar-refractivity contribution >= 4 is 40.1 Å². The van der Waals surface area contributed by atoms with Gasteiger partial charge in [0.2, 0.25) is 5.13 Å². The number of hydrogen-bond acceptors (Lipinski definition) is 8. The molecule has 0 unspecified atom stereocenters. The first-order valence-electron chi connectivity index (χ1n) is 12.8. The first-order chi connectivity index (χ1) is 18.5. The van der Waals surface area contributed by atoms with Crippen molar-refractivity contribution in [2.24, 2.45) is 5.92 Å². The van der Waals surface area contributed by atoms with Crippen molar-refractivity contribution in [1.82, 2.24) is 15.1 Å². The maximum atomic E-state index is 12.9. The summed E-state index contributed by atoms with van der Waals surface area (Å²) in [4.78, 5) is 27.0. The highest BCUT2D eigenvalue weighted by atomic mass is 35.5. The molecule has 0 saturated carbocycles. The van der Waals surface area contributed by atoms with Gasteiger partial charge >= 0.3 is 6.09 Å². The number of anilines is 1. The molecule has 1 aliphatic rings. The smallest absolute Gasteiger partial charge is 0.410 e. The minimum atomic E-state index is -0.546. The molecule has 0 fully saturated rings. The molecule has 0 aliphatic carbocycles. The molecule has 0 atom stereocenters. The zero-order chi connectivity index (χ0) is 28.2. The van der Waals surface area contributed by atoms with Gasteiger partial charge in [0.25, 0.3) is 5.91 Å². The molecule has 11 heteroatoms. The highest BCUT2D eigenvalue weighted by Crippen LogP contribution is 2.32. The lowest BCUT2D eigenvalue weighted by Gasteiger charge is -2.31. The van der Waals surface area contributed by atoms with Crippen molar-refractivity contribution in [3.63, 3.8) is 0 Å². The maximum Gasteiger partial charge on any atom is 0.410 e. The second kappa shape index (κ2) is 12.2. The van der Waals surface area contributed by atoms with Crippen LogP contribution in [0.4, 0.5) is 9.93 Å². The van der Waals surface area contributed by atoms with Gasteiger partial charge in [0.1, 0.15) is 12.2 Å². The molecule has 1 aromatic heterocycles. The fraction of sp³-hybridized carbons (Fsp3) is 0.429. The molecule has 1 aliphatic heterocycles. The second-order valence-corrected chi connectivity index (χ2v) is 12.2. The average Bonchev–Trinajstić information content (AvgIpc) is 3.32. The van der Waals surface area contributed by atoms with E-state index in [0.717, 1.165) is 11.1 Å². The number of halogens is 1. The minimum absolute atomic E-state index is 0.152. The molecule has 2 amide bonds. The Hall–Kier alpha value is -3.37. The van der Waals surface area contributed by atoms with Crippen LogP contribution >= 0.6 is 22.9 Å². The Balaban J connectivity index is 1.34. The predicted molar refractivity (Wildman–Crippen MR) is 151 cm³/mol. The Bertz CT molecular complexity index is 1340. The number of fused-ring (bicyclic) bond motifs is 1. The topological polar surface area (TPSA) is 103 Å². The SMILES string of the molecule is CC(C)COc1ccc(Cl)cc1OCc1nnc(NC(=O)c2ccc3c(c2)CCN(C(=O)OC(C)(C)C)C3)s1. The van der Waals surface area contributed by atoms with E-state index in [2.05, 4.69) is 29.4 Å². The van der Waals surface area contributed by atoms with Gasteiger partial charge in [-0.05, 0) is 68.5 Å². The Morgan fingerprint density at radius 1 is 1.08 bits per heavy atom. The van der Waals surface area contributed by atoms with Crippen LogP contribution in [0.2, 0.25) is 5.02 Å². The van der Waals surface area contributed by atoms with Gasteiger partial charge in [-0.25, -0.2) is 4.79 Å². The molecule has 4 rings (SSSR count). The summed E-state index contributed by atoms with van der Waals surface area (Å²) in [5.74, 6) is 1.20. The number of nitrogens with zero attached hydrogens (tertiary/aromatic N) is 3. The fourth-order valence-electron chi connectivity index (χ4n) is 3.82. The van der Waals surface area contributed by atoms with Gasteiger partial charge in [-0.15, -0.1) is 10.2 Å². The van der Waals surface area contributed by atoms with Gasteiger partial charge in [-0.2, -0.15) is 0 Å². The third-order valence-corrected chi connectivity index (χ3v) is 6.70. The summed E-state index contributed by atoms with van der Waals surface area (Å²) in [5.41, 5.74) is 2.00. The molecule has 39 heavy (non-hydrogen) atoms. The van der Waals surface area contributed by atoms with Gasteiger partial charge < -0.3 is 19.1 Å². The Labute approximate surface area is 237 Å². The van der Waals surface area contributed by atoms with Crippen molar-refractivity contribution in [1.29, 1.82) is 0 Å². The quantitative estimate of drug-likeness (QED) is 0.335. The first kappa shape index (κ1) is 28.6. The Morgan fingerprint density at radius 2 is 1.87 bits per heavy atom. The van der Waals surface area contributed by atoms with Crippen LogP contribution < -0.4 is 14.8 Å². The molecule has 1 N–H and O–H groups in total. The summed E-state index contributed by atoms with van der Waals surface area (Å²) in [5, 5.41) is 12.5. The number of hydrogen-bond donors (Lipinski definition) is 1. The highest BCUT2D eigenvalue weighted by Gasteiger charge is 2.26. The van der Waals surface area contributed by atoms with Gasteiger partial charge in [0, 0.05) is 29.7 Å². The number of amides is 2. The van der Waals surface area contributed by atoms with Crippen LogP contribution in [0, 0.1) is 5.92 Å². The molecule has 0 saturated heterocycles. The van der Waals surface area contributed by atoms with Crippen molar-refractivity contribution in [3.05, 3.63) is 63.1 Å². The number of ether oxygens (including phenoxy) is 3. The van der Waals surface area contributed by atoms with Crippen LogP contribution in [0.25, 0.3) is 0 Å². The summed E-state index contributed by atoms with van der Waals surface area (Å²) in [6, 6.07) is 10.7. The third kappa shape index (κ3) is 8.06. The minimum Gasteiger partial charge on any atom is -0.489 e. The Morgan fingerprint density at radius 3 is 2.62 bits per heavy atom. The molecular formula is C28H33ClN4O5S. The zero-order valence-corrected chi connectivity index (χ0v) is 24.3. The molecule has 0 bridgehead atoms. The molecule has 2 aromatic carbocycles. The molecule has 2 heterocycles. The largest absolute Gasteiger partial charge is 0.489 e. The zero-order valence-electron chi connectivity index (χ0n) is 22.7. The van der Waals surface area contributed by atoms with Gasteiger partial charge in [0.05, 0.1) is 6.61 Å². The van der Waals surface area contributed by atoms with Gasteiger partial charge in [0.15, 0.2) is 16.5 Å². The average molecular weight is 573 g/mol. The number of nitrogens with one attached hydrogen (secondary N) is 1. The Kier molecular flexibility index (Phi) is 8.97. The molecule has 9 nitrogen and oxygen atoms in total. The van der Waals surface area contributed by atoms with Crippen LogP contribution in [0.1, 0.15) is 61.1 Å². The van der Waals surface area contributed by atoms with Crippen molar-refractivity contribution in [2.45, 2.75) is 59.8 Å². The summed E-state index contributed by atoms with van der Waals surface area (Å²) >= 11 is 7.37. The molecular weight excluding hydrogens is 540 g/mol. The predicted octanol–water partition coefficient (Wildman–Crippen LogP) is 6.35. The third-order valence-electron chi connectivity index (χ3n) is 5.65. The summed E-state index contributed by atoms with van der Waals surface area (Å²) < 4.78 is 17.2. The number of rotatable bonds is 8. The van der Waals surface area contributed by atoms with Crippen LogP contribution in [0.3, 0.4) is 0 Å². The van der Waals surface area contributed by atoms with Crippen LogP contribution in [0.5, 0.6) is 11.5 Å². The summed E-state index contributed by atoms with van der Waals surface area (Å²) in [6.07, 6.45) is 0.309. The van der Waals surface area contributed by atoms with E-state index >= 15 is 0 Å². The monoisotopic (exact) mass is 572 g/mol. The second-order valence-electron chi connectivity index (χ2n) is 10.7. The van der Waals surface area contributed by atoms with Crippen molar-refractivity contribution < 1.29 is 23.8 Å². The molecule has 3 aromatic rings. The van der Waals surface area contributed by atoms with E-state index in [4.69, 9.17) is 25.8 Å². The van der Waals surface area contributed by atoms with Crippen molar-refractivity contribution in [3.8, 4) is 11.5 Å². The number of carbonyl (C=O) groups is 2. The standard InChI is InChI=1S/C28H33ClN4O5S/c1-17(2)15-36-22-9-8-21(29)13-23(22)37-16-24-31-32-26(39-24)30-25(34)19-6-7-20-14-33(11-10-18(20)12-19)27(35)38-28(3,4)5/h6-9,12-13,17H,10-11,14-16H2,1-5H3,(H,30,32,34). The normalized spacial score (nSPS) is 13.2. The van der Waals surface area contributed by atoms with Gasteiger partial charge in [-0.1, -0.05) is 42.9 Å². The van der Waals surface area contributed by atoms with Crippen molar-refractivity contribution in [2.75, 3.05) is 18.5 Å². The number of aromatic nitrogens is 2. The highest BCUT2D eigenvalue weighted by molar-refractivity contribution is 7.15. The summed E-state index contributed by atoms with van der Waals surface area (Å²) in [6.45, 7) is 11.4. The molecule has 0 radical (unpaired) electrons. The van der Waals surface area contributed by atoms with E-state index < -0.39 is 5.60 Å². The van der Waals surface area contributed by atoms with Crippen LogP contribution in [0.15, 0.2) is 36.4 Å². The first-order valence-corrected chi connectivity index (χ1v) is 13.9. The van der Waals surface area contributed by atoms with E-state index in [1.165, 1.54) is 11.3 Å². The van der Waals surface area contributed by atoms with E-state index in [9.17, 15) is 9.59 Å². The molecule has 0 spiro atoms. The fourth-order valence-corrected chi connectivity index (χ4v) is 4.63. The lowest BCUT2D eigenvalue weighted by Crippen LogP contribution is -2.39. The van der Waals surface area contributed by atoms with E-state index in [-0.39, 0.29) is 18.6 Å². The number of carbonyl (C=O) groups excluding carboxylic acids is 2. The maximum absolute atomic E-state index is 12.9. The van der Waals surface area contributed by atoms with E-state index in [0.29, 0.717) is 64.3 Å². The van der Waals surface area contributed by atoms with E-state index in [1.807, 2.05) is 32.9 Å². The van der Waals surface area contributed by atoms with Gasteiger partial charge in [-0.3, -0.25) is 10.1 Å². The van der Waals surface area contributed by atoms with Crippen LogP contribution in [-0.2, 0) is 24.3 Å². The lowest BCUT2D eigenvalue weighted by molar-refractivity contribution is 0.0223. The molecule has 208 valence electrons. The van der Waals surface area contributed by atoms with Crippen LogP contribution in [-0.4, -0.2) is 45.9 Å². The number of benzene rings is 2. The van der Waals surface area contributed by atoms with E-state index in [1.54, 1.807) is 29.2 Å². The summed E-state index contributed by atoms with van der Waals surface area (Å²) in [7, 11) is 0. The lowest BCUT2D eigenvalue weighted by atomic mass is 9.97.